The standard InChI is InChI=1S/C19H29N5O/c1-3-21-19(22-14-17-7-4-6-16(12-17)13-20)23-18-8-5-9-24(15-18)10-11-25-2/h4,6-7,12,18H,3,5,8-11,14-15H2,1-2H3,(H2,21,22,23). The number of guanidine groups is 1. The van der Waals surface area contributed by atoms with Crippen LogP contribution < -0.4 is 10.6 Å². The van der Waals surface area contributed by atoms with E-state index in [1.54, 1.807) is 7.11 Å². The highest BCUT2D eigenvalue weighted by Crippen LogP contribution is 2.10. The molecule has 1 atom stereocenters. The Kier molecular flexibility index (Phi) is 8.23. The zero-order chi connectivity index (χ0) is 17.9. The summed E-state index contributed by atoms with van der Waals surface area (Å²) >= 11 is 0. The summed E-state index contributed by atoms with van der Waals surface area (Å²) in [5.41, 5.74) is 1.72. The number of nitrogens with one attached hydrogen (secondary N) is 2. The number of nitriles is 1. The summed E-state index contributed by atoms with van der Waals surface area (Å²) < 4.78 is 5.18. The molecule has 1 aromatic carbocycles. The van der Waals surface area contributed by atoms with Gasteiger partial charge < -0.3 is 15.4 Å². The van der Waals surface area contributed by atoms with Gasteiger partial charge in [0.1, 0.15) is 0 Å². The molecular weight excluding hydrogens is 314 g/mol. The summed E-state index contributed by atoms with van der Waals surface area (Å²) in [6, 6.07) is 10.2. The summed E-state index contributed by atoms with van der Waals surface area (Å²) in [7, 11) is 1.75. The zero-order valence-corrected chi connectivity index (χ0v) is 15.3. The number of likely N-dealkylation sites (tertiary alicyclic amines) is 1. The Hall–Kier alpha value is -2.10. The minimum absolute atomic E-state index is 0.397. The Morgan fingerprint density at radius 3 is 3.12 bits per heavy atom. The van der Waals surface area contributed by atoms with Crippen molar-refractivity contribution in [2.45, 2.75) is 32.4 Å². The van der Waals surface area contributed by atoms with Gasteiger partial charge in [0.25, 0.3) is 0 Å². The molecule has 1 saturated heterocycles. The molecule has 0 spiro atoms. The van der Waals surface area contributed by atoms with Gasteiger partial charge in [0, 0.05) is 32.8 Å². The number of hydrogen-bond acceptors (Lipinski definition) is 4. The van der Waals surface area contributed by atoms with Crippen molar-refractivity contribution in [2.24, 2.45) is 4.99 Å². The molecule has 0 aliphatic carbocycles. The Balaban J connectivity index is 1.93. The average Bonchev–Trinajstić information content (AvgIpc) is 2.65. The predicted molar refractivity (Wildman–Crippen MR) is 100 cm³/mol. The number of aliphatic imine (C=N–C) groups is 1. The fourth-order valence-electron chi connectivity index (χ4n) is 3.02. The summed E-state index contributed by atoms with van der Waals surface area (Å²) in [5.74, 6) is 0.837. The fourth-order valence-corrected chi connectivity index (χ4v) is 3.02. The Morgan fingerprint density at radius 1 is 1.48 bits per heavy atom. The minimum atomic E-state index is 0.397. The van der Waals surface area contributed by atoms with Crippen LogP contribution in [-0.4, -0.2) is 56.8 Å². The van der Waals surface area contributed by atoms with Gasteiger partial charge in [-0.2, -0.15) is 5.26 Å². The van der Waals surface area contributed by atoms with Crippen LogP contribution in [0.4, 0.5) is 0 Å². The van der Waals surface area contributed by atoms with Crippen LogP contribution >= 0.6 is 0 Å². The maximum atomic E-state index is 9.00. The van der Waals surface area contributed by atoms with Crippen molar-refractivity contribution >= 4 is 5.96 Å². The third-order valence-corrected chi connectivity index (χ3v) is 4.28. The molecule has 1 aliphatic heterocycles. The summed E-state index contributed by atoms with van der Waals surface area (Å²) in [6.45, 7) is 7.35. The lowest BCUT2D eigenvalue weighted by Gasteiger charge is -2.33. The lowest BCUT2D eigenvalue weighted by Crippen LogP contribution is -2.51. The largest absolute Gasteiger partial charge is 0.383 e. The first-order valence-electron chi connectivity index (χ1n) is 9.00. The molecule has 0 aromatic heterocycles. The van der Waals surface area contributed by atoms with Gasteiger partial charge in [-0.1, -0.05) is 12.1 Å². The molecule has 6 nitrogen and oxygen atoms in total. The van der Waals surface area contributed by atoms with E-state index >= 15 is 0 Å². The maximum Gasteiger partial charge on any atom is 0.191 e. The molecule has 2 N–H and O–H groups in total. The second kappa shape index (κ2) is 10.7. The van der Waals surface area contributed by atoms with Crippen LogP contribution in [0.3, 0.4) is 0 Å². The summed E-state index contributed by atoms with van der Waals surface area (Å²) in [6.07, 6.45) is 2.34. The number of benzene rings is 1. The van der Waals surface area contributed by atoms with Gasteiger partial charge in [0.2, 0.25) is 0 Å². The van der Waals surface area contributed by atoms with Crippen LogP contribution in [0.2, 0.25) is 0 Å². The zero-order valence-electron chi connectivity index (χ0n) is 15.3. The first kappa shape index (κ1) is 19.2. The number of rotatable bonds is 7. The van der Waals surface area contributed by atoms with Gasteiger partial charge in [-0.05, 0) is 44.0 Å². The molecule has 136 valence electrons. The van der Waals surface area contributed by atoms with Gasteiger partial charge in [-0.25, -0.2) is 4.99 Å². The fraction of sp³-hybridized carbons (Fsp3) is 0.579. The highest BCUT2D eigenvalue weighted by atomic mass is 16.5. The second-order valence-corrected chi connectivity index (χ2v) is 6.28. The molecule has 0 amide bonds. The van der Waals surface area contributed by atoms with Gasteiger partial charge in [-0.3, -0.25) is 4.90 Å². The van der Waals surface area contributed by atoms with E-state index in [1.165, 1.54) is 6.42 Å². The second-order valence-electron chi connectivity index (χ2n) is 6.28. The Labute approximate surface area is 150 Å². The van der Waals surface area contributed by atoms with E-state index in [-0.39, 0.29) is 0 Å². The molecule has 1 aromatic rings. The summed E-state index contributed by atoms with van der Waals surface area (Å²) in [5, 5.41) is 15.9. The van der Waals surface area contributed by atoms with Gasteiger partial charge in [0.05, 0.1) is 24.8 Å². The number of ether oxygens (including phenoxy) is 1. The predicted octanol–water partition coefficient (Wildman–Crippen LogP) is 1.72. The molecular formula is C19H29N5O. The quantitative estimate of drug-likeness (QED) is 0.583. The third-order valence-electron chi connectivity index (χ3n) is 4.28. The van der Waals surface area contributed by atoms with Crippen LogP contribution in [0.5, 0.6) is 0 Å². The topological polar surface area (TPSA) is 72.7 Å². The molecule has 0 saturated carbocycles. The molecule has 25 heavy (non-hydrogen) atoms. The average molecular weight is 343 g/mol. The molecule has 1 aliphatic rings. The highest BCUT2D eigenvalue weighted by Gasteiger charge is 2.20. The normalized spacial score (nSPS) is 18.6. The number of methoxy groups -OCH3 is 1. The summed E-state index contributed by atoms with van der Waals surface area (Å²) in [4.78, 5) is 7.12. The van der Waals surface area contributed by atoms with Crippen LogP contribution in [0.1, 0.15) is 30.9 Å². The minimum Gasteiger partial charge on any atom is -0.383 e. The first-order chi connectivity index (χ1) is 12.2. The van der Waals surface area contributed by atoms with E-state index < -0.39 is 0 Å². The SMILES string of the molecule is CCNC(=NCc1cccc(C#N)c1)NC1CCCN(CCOC)C1. The molecule has 0 bridgehead atoms. The van der Waals surface area contributed by atoms with Crippen LogP contribution in [0.25, 0.3) is 0 Å². The molecule has 0 radical (unpaired) electrons. The van der Waals surface area contributed by atoms with Crippen LogP contribution in [-0.2, 0) is 11.3 Å². The van der Waals surface area contributed by atoms with Gasteiger partial charge in [0.15, 0.2) is 5.96 Å². The van der Waals surface area contributed by atoms with E-state index in [1.807, 2.05) is 24.3 Å². The Morgan fingerprint density at radius 2 is 2.36 bits per heavy atom. The number of nitrogens with zero attached hydrogens (tertiary/aromatic N) is 3. The number of hydrogen-bond donors (Lipinski definition) is 2. The molecule has 1 unspecified atom stereocenters. The van der Waals surface area contributed by atoms with E-state index in [2.05, 4.69) is 33.5 Å². The molecule has 2 rings (SSSR count). The molecule has 1 fully saturated rings. The van der Waals surface area contributed by atoms with Gasteiger partial charge >= 0.3 is 0 Å². The monoisotopic (exact) mass is 343 g/mol. The van der Waals surface area contributed by atoms with Crippen molar-refractivity contribution in [3.8, 4) is 6.07 Å². The van der Waals surface area contributed by atoms with Crippen molar-refractivity contribution in [1.82, 2.24) is 15.5 Å². The maximum absolute atomic E-state index is 9.00. The van der Waals surface area contributed by atoms with Crippen molar-refractivity contribution < 1.29 is 4.74 Å². The van der Waals surface area contributed by atoms with Crippen LogP contribution in [0, 0.1) is 11.3 Å². The lowest BCUT2D eigenvalue weighted by molar-refractivity contribution is 0.126. The van der Waals surface area contributed by atoms with E-state index in [9.17, 15) is 0 Å². The molecule has 6 heteroatoms. The number of piperidine rings is 1. The van der Waals surface area contributed by atoms with Crippen LogP contribution in [0.15, 0.2) is 29.3 Å². The van der Waals surface area contributed by atoms with E-state index in [4.69, 9.17) is 10.00 Å². The van der Waals surface area contributed by atoms with Crippen molar-refractivity contribution in [3.05, 3.63) is 35.4 Å². The molecule has 1 heterocycles. The van der Waals surface area contributed by atoms with Crippen molar-refractivity contribution in [3.63, 3.8) is 0 Å². The Bertz CT molecular complexity index is 596. The van der Waals surface area contributed by atoms with Crippen molar-refractivity contribution in [1.29, 1.82) is 5.26 Å². The smallest absolute Gasteiger partial charge is 0.191 e. The van der Waals surface area contributed by atoms with Crippen molar-refractivity contribution in [2.75, 3.05) is 39.9 Å². The van der Waals surface area contributed by atoms with Gasteiger partial charge in [-0.15, -0.1) is 0 Å². The van der Waals surface area contributed by atoms with E-state index in [0.29, 0.717) is 18.2 Å². The lowest BCUT2D eigenvalue weighted by atomic mass is 10.1. The van der Waals surface area contributed by atoms with E-state index in [0.717, 1.165) is 50.7 Å². The highest BCUT2D eigenvalue weighted by molar-refractivity contribution is 5.80. The first-order valence-corrected chi connectivity index (χ1v) is 9.00. The third kappa shape index (κ3) is 6.73.